The van der Waals surface area contributed by atoms with Crippen LogP contribution in [-0.2, 0) is 0 Å². The second-order valence-electron chi connectivity index (χ2n) is 6.51. The van der Waals surface area contributed by atoms with Crippen molar-refractivity contribution in [3.8, 4) is 5.75 Å². The van der Waals surface area contributed by atoms with Gasteiger partial charge < -0.3 is 10.5 Å². The van der Waals surface area contributed by atoms with Crippen LogP contribution in [0.3, 0.4) is 0 Å². The monoisotopic (exact) mass is 277 g/mol. The molecule has 1 aromatic rings. The van der Waals surface area contributed by atoms with E-state index in [0.29, 0.717) is 0 Å². The van der Waals surface area contributed by atoms with Crippen molar-refractivity contribution >= 4 is 0 Å². The standard InChI is InChI=1S/C17H24FNO/c1-2-3-12-6-8-17(9-7-12)11-15(19)14-10-13(18)4-5-16(14)20-17/h4-5,10,12,15H,2-3,6-9,11,19H2,1H3/t12?,15-,17?/m0/s1. The largest absolute Gasteiger partial charge is 0.487 e. The molecule has 1 atom stereocenters. The van der Waals surface area contributed by atoms with Crippen molar-refractivity contribution in [1.82, 2.24) is 0 Å². The first-order valence-corrected chi connectivity index (χ1v) is 7.86. The van der Waals surface area contributed by atoms with E-state index in [0.717, 1.165) is 36.5 Å². The Morgan fingerprint density at radius 1 is 1.35 bits per heavy atom. The number of ether oxygens (including phenoxy) is 1. The molecule has 1 heterocycles. The van der Waals surface area contributed by atoms with Crippen LogP contribution >= 0.6 is 0 Å². The first-order valence-electron chi connectivity index (χ1n) is 7.86. The Morgan fingerprint density at radius 2 is 2.10 bits per heavy atom. The third kappa shape index (κ3) is 2.56. The molecule has 3 heteroatoms. The zero-order valence-electron chi connectivity index (χ0n) is 12.2. The van der Waals surface area contributed by atoms with Crippen LogP contribution in [0.25, 0.3) is 0 Å². The van der Waals surface area contributed by atoms with Crippen LogP contribution in [-0.4, -0.2) is 5.60 Å². The van der Waals surface area contributed by atoms with Crippen molar-refractivity contribution in [2.24, 2.45) is 11.7 Å². The summed E-state index contributed by atoms with van der Waals surface area (Å²) >= 11 is 0. The lowest BCUT2D eigenvalue weighted by atomic mass is 9.72. The van der Waals surface area contributed by atoms with Gasteiger partial charge in [0.25, 0.3) is 0 Å². The zero-order valence-corrected chi connectivity index (χ0v) is 12.2. The van der Waals surface area contributed by atoms with Gasteiger partial charge in [-0.3, -0.25) is 0 Å². The normalized spacial score (nSPS) is 32.8. The van der Waals surface area contributed by atoms with E-state index in [1.807, 2.05) is 0 Å². The predicted molar refractivity (Wildman–Crippen MR) is 78.2 cm³/mol. The molecule has 0 radical (unpaired) electrons. The molecule has 0 aromatic heterocycles. The second-order valence-corrected chi connectivity index (χ2v) is 6.51. The van der Waals surface area contributed by atoms with Gasteiger partial charge in [0.1, 0.15) is 17.2 Å². The minimum Gasteiger partial charge on any atom is -0.487 e. The Hall–Kier alpha value is -1.09. The summed E-state index contributed by atoms with van der Waals surface area (Å²) in [5, 5.41) is 0. The molecular formula is C17H24FNO. The molecule has 0 bridgehead atoms. The van der Waals surface area contributed by atoms with Crippen LogP contribution in [0.4, 0.5) is 4.39 Å². The van der Waals surface area contributed by atoms with E-state index in [9.17, 15) is 4.39 Å². The number of hydrogen-bond acceptors (Lipinski definition) is 2. The van der Waals surface area contributed by atoms with Crippen molar-refractivity contribution < 1.29 is 9.13 Å². The second kappa shape index (κ2) is 5.36. The lowest BCUT2D eigenvalue weighted by Crippen LogP contribution is -2.45. The highest BCUT2D eigenvalue weighted by atomic mass is 19.1. The van der Waals surface area contributed by atoms with E-state index in [2.05, 4.69) is 6.92 Å². The van der Waals surface area contributed by atoms with Gasteiger partial charge in [-0.2, -0.15) is 0 Å². The SMILES string of the molecule is CCCC1CCC2(CC1)C[C@H](N)c1cc(F)ccc1O2. The quantitative estimate of drug-likeness (QED) is 0.873. The zero-order chi connectivity index (χ0) is 14.2. The van der Waals surface area contributed by atoms with Crippen LogP contribution in [0.2, 0.25) is 0 Å². The van der Waals surface area contributed by atoms with Crippen LogP contribution in [0, 0.1) is 11.7 Å². The van der Waals surface area contributed by atoms with Crippen LogP contribution in [0.5, 0.6) is 5.75 Å². The highest BCUT2D eigenvalue weighted by molar-refractivity contribution is 5.39. The lowest BCUT2D eigenvalue weighted by Gasteiger charge is -2.45. The van der Waals surface area contributed by atoms with Crippen LogP contribution < -0.4 is 10.5 Å². The molecule has 1 aromatic carbocycles. The van der Waals surface area contributed by atoms with Gasteiger partial charge in [0.05, 0.1) is 0 Å². The van der Waals surface area contributed by atoms with Gasteiger partial charge in [0.15, 0.2) is 0 Å². The first kappa shape index (κ1) is 13.9. The summed E-state index contributed by atoms with van der Waals surface area (Å²) in [4.78, 5) is 0. The molecule has 1 fully saturated rings. The topological polar surface area (TPSA) is 35.2 Å². The van der Waals surface area contributed by atoms with Gasteiger partial charge in [0.2, 0.25) is 0 Å². The van der Waals surface area contributed by atoms with Gasteiger partial charge in [-0.1, -0.05) is 19.8 Å². The molecule has 3 rings (SSSR count). The Balaban J connectivity index is 1.76. The minimum absolute atomic E-state index is 0.0998. The minimum atomic E-state index is -0.231. The third-order valence-electron chi connectivity index (χ3n) is 5.00. The maximum Gasteiger partial charge on any atom is 0.125 e. The fourth-order valence-corrected chi connectivity index (χ4v) is 3.89. The summed E-state index contributed by atoms with van der Waals surface area (Å²) < 4.78 is 19.6. The molecule has 2 aliphatic rings. The molecule has 0 saturated heterocycles. The summed E-state index contributed by atoms with van der Waals surface area (Å²) in [5.41, 5.74) is 6.99. The fraction of sp³-hybridized carbons (Fsp3) is 0.647. The highest BCUT2D eigenvalue weighted by Gasteiger charge is 2.42. The molecule has 1 aliphatic carbocycles. The molecule has 110 valence electrons. The Morgan fingerprint density at radius 3 is 2.80 bits per heavy atom. The molecule has 1 spiro atoms. The van der Waals surface area contributed by atoms with Crippen molar-refractivity contribution in [3.05, 3.63) is 29.6 Å². The number of hydrogen-bond donors (Lipinski definition) is 1. The number of benzene rings is 1. The first-order chi connectivity index (χ1) is 9.62. The van der Waals surface area contributed by atoms with Crippen LogP contribution in [0.15, 0.2) is 18.2 Å². The van der Waals surface area contributed by atoms with Crippen LogP contribution in [0.1, 0.15) is 63.5 Å². The van der Waals surface area contributed by atoms with E-state index < -0.39 is 0 Å². The summed E-state index contributed by atoms with van der Waals surface area (Å²) in [7, 11) is 0. The van der Waals surface area contributed by atoms with Gasteiger partial charge in [-0.05, 0) is 49.8 Å². The Labute approximate surface area is 120 Å². The van der Waals surface area contributed by atoms with E-state index in [1.165, 1.54) is 37.8 Å². The summed E-state index contributed by atoms with van der Waals surface area (Å²) in [6.45, 7) is 2.25. The van der Waals surface area contributed by atoms with Gasteiger partial charge in [-0.25, -0.2) is 4.39 Å². The smallest absolute Gasteiger partial charge is 0.125 e. The summed E-state index contributed by atoms with van der Waals surface area (Å²) in [6, 6.07) is 4.63. The molecule has 2 N–H and O–H groups in total. The van der Waals surface area contributed by atoms with E-state index in [1.54, 1.807) is 6.07 Å². The summed E-state index contributed by atoms with van der Waals surface area (Å²) in [6.07, 6.45) is 8.05. The van der Waals surface area contributed by atoms with Crippen molar-refractivity contribution in [2.45, 2.75) is 63.5 Å². The van der Waals surface area contributed by atoms with E-state index >= 15 is 0 Å². The summed E-state index contributed by atoms with van der Waals surface area (Å²) in [5.74, 6) is 1.41. The van der Waals surface area contributed by atoms with Crippen molar-refractivity contribution in [1.29, 1.82) is 0 Å². The van der Waals surface area contributed by atoms with Crippen molar-refractivity contribution in [3.63, 3.8) is 0 Å². The average molecular weight is 277 g/mol. The predicted octanol–water partition coefficient (Wildman–Crippen LogP) is 4.34. The number of nitrogens with two attached hydrogens (primary N) is 1. The number of fused-ring (bicyclic) bond motifs is 1. The molecule has 1 aliphatic heterocycles. The van der Waals surface area contributed by atoms with Gasteiger partial charge >= 0.3 is 0 Å². The highest BCUT2D eigenvalue weighted by Crippen LogP contribution is 2.47. The third-order valence-corrected chi connectivity index (χ3v) is 5.00. The molecule has 2 nitrogen and oxygen atoms in total. The number of halogens is 1. The van der Waals surface area contributed by atoms with Gasteiger partial charge in [0, 0.05) is 18.0 Å². The lowest BCUT2D eigenvalue weighted by molar-refractivity contribution is -0.0117. The van der Waals surface area contributed by atoms with E-state index in [4.69, 9.17) is 10.5 Å². The molecular weight excluding hydrogens is 253 g/mol. The van der Waals surface area contributed by atoms with Crippen molar-refractivity contribution in [2.75, 3.05) is 0 Å². The number of rotatable bonds is 2. The molecule has 1 saturated carbocycles. The maximum absolute atomic E-state index is 13.3. The van der Waals surface area contributed by atoms with E-state index in [-0.39, 0.29) is 17.5 Å². The molecule has 0 unspecified atom stereocenters. The Kier molecular flexibility index (Phi) is 3.72. The average Bonchev–Trinajstić information content (AvgIpc) is 2.43. The fourth-order valence-electron chi connectivity index (χ4n) is 3.89. The maximum atomic E-state index is 13.3. The Bertz CT molecular complexity index is 480. The molecule has 20 heavy (non-hydrogen) atoms. The van der Waals surface area contributed by atoms with Gasteiger partial charge in [-0.15, -0.1) is 0 Å². The molecule has 0 amide bonds.